The van der Waals surface area contributed by atoms with Gasteiger partial charge in [-0.15, -0.1) is 0 Å². The highest BCUT2D eigenvalue weighted by molar-refractivity contribution is 9.10. The average molecular weight is 379 g/mol. The fraction of sp³-hybridized carbons (Fsp3) is 0.368. The van der Waals surface area contributed by atoms with Crippen molar-refractivity contribution in [2.45, 2.75) is 31.6 Å². The van der Waals surface area contributed by atoms with Crippen LogP contribution in [0.15, 0.2) is 39.9 Å². The minimum atomic E-state index is -1.61. The van der Waals surface area contributed by atoms with E-state index in [-0.39, 0.29) is 5.71 Å². The van der Waals surface area contributed by atoms with Gasteiger partial charge in [-0.05, 0) is 49.0 Å². The van der Waals surface area contributed by atoms with Crippen molar-refractivity contribution in [3.63, 3.8) is 0 Å². The fourth-order valence-electron chi connectivity index (χ4n) is 3.98. The Morgan fingerprint density at radius 2 is 1.75 bits per heavy atom. The van der Waals surface area contributed by atoms with E-state index < -0.39 is 17.3 Å². The summed E-state index contributed by atoms with van der Waals surface area (Å²) >= 11 is 3.45. The third-order valence-corrected chi connectivity index (χ3v) is 5.56. The topological polar surface area (TPSA) is 95.2 Å². The van der Waals surface area contributed by atoms with Crippen molar-refractivity contribution in [1.29, 1.82) is 21.2 Å². The van der Waals surface area contributed by atoms with Crippen molar-refractivity contribution in [2.75, 3.05) is 0 Å². The van der Waals surface area contributed by atoms with Gasteiger partial charge in [0.1, 0.15) is 5.92 Å². The molecule has 0 aromatic heterocycles. The maximum atomic E-state index is 9.86. The smallest absolute Gasteiger partial charge is 0.192 e. The summed E-state index contributed by atoms with van der Waals surface area (Å²) in [6, 6.07) is 13.9. The fourth-order valence-corrected chi connectivity index (χ4v) is 4.40. The van der Waals surface area contributed by atoms with E-state index in [1.807, 2.05) is 24.3 Å². The zero-order valence-corrected chi connectivity index (χ0v) is 14.6. The molecule has 4 nitrogen and oxygen atoms in total. The van der Waals surface area contributed by atoms with Crippen LogP contribution in [0, 0.1) is 50.7 Å². The van der Waals surface area contributed by atoms with Gasteiger partial charge in [0, 0.05) is 10.4 Å². The zero-order chi connectivity index (χ0) is 17.3. The molecule has 5 heteroatoms. The summed E-state index contributed by atoms with van der Waals surface area (Å²) < 4.78 is 0.872. The quantitative estimate of drug-likeness (QED) is 0.722. The number of hydrogen-bond acceptors (Lipinski definition) is 4. The van der Waals surface area contributed by atoms with Crippen LogP contribution >= 0.6 is 15.9 Å². The molecular weight excluding hydrogens is 364 g/mol. The largest absolute Gasteiger partial charge is 0.305 e. The highest BCUT2D eigenvalue weighted by atomic mass is 79.9. The van der Waals surface area contributed by atoms with Crippen LogP contribution in [-0.2, 0) is 0 Å². The number of nitriles is 3. The summed E-state index contributed by atoms with van der Waals surface area (Å²) in [6.45, 7) is 0. The summed E-state index contributed by atoms with van der Waals surface area (Å²) in [5.41, 5.74) is 1.14. The molecule has 0 saturated heterocycles. The molecule has 0 aliphatic heterocycles. The molecule has 0 heterocycles. The van der Waals surface area contributed by atoms with Crippen molar-refractivity contribution in [3.05, 3.63) is 45.4 Å². The van der Waals surface area contributed by atoms with Gasteiger partial charge >= 0.3 is 0 Å². The summed E-state index contributed by atoms with van der Waals surface area (Å²) in [6.07, 6.45) is 3.53. The Hall–Kier alpha value is -2.42. The number of benzene rings is 1. The maximum Gasteiger partial charge on any atom is 0.192 e. The second kappa shape index (κ2) is 6.23. The monoisotopic (exact) mass is 378 g/mol. The zero-order valence-electron chi connectivity index (χ0n) is 13.0. The summed E-state index contributed by atoms with van der Waals surface area (Å²) in [4.78, 5) is 0. The summed E-state index contributed by atoms with van der Waals surface area (Å²) in [5.74, 6) is -1.22. The predicted molar refractivity (Wildman–Crippen MR) is 92.9 cm³/mol. The number of halogens is 1. The minimum absolute atomic E-state index is 0.0689. The van der Waals surface area contributed by atoms with E-state index >= 15 is 0 Å². The molecule has 24 heavy (non-hydrogen) atoms. The molecule has 2 aliphatic carbocycles. The number of hydrogen-bond donors (Lipinski definition) is 1. The number of rotatable bonds is 1. The van der Waals surface area contributed by atoms with Gasteiger partial charge in [0.15, 0.2) is 5.41 Å². The van der Waals surface area contributed by atoms with Crippen LogP contribution in [0.2, 0.25) is 0 Å². The molecule has 0 bridgehead atoms. The summed E-state index contributed by atoms with van der Waals surface area (Å²) in [5, 5.41) is 37.8. The lowest BCUT2D eigenvalue weighted by molar-refractivity contribution is 0.486. The van der Waals surface area contributed by atoms with E-state index in [4.69, 9.17) is 5.41 Å². The van der Waals surface area contributed by atoms with E-state index in [0.29, 0.717) is 0 Å². The Balaban J connectivity index is 2.33. The van der Waals surface area contributed by atoms with Crippen molar-refractivity contribution < 1.29 is 0 Å². The van der Waals surface area contributed by atoms with Gasteiger partial charge in [-0.25, -0.2) is 0 Å². The van der Waals surface area contributed by atoms with Crippen LogP contribution in [0.5, 0.6) is 0 Å². The molecule has 0 unspecified atom stereocenters. The second-order valence-electron chi connectivity index (χ2n) is 6.25. The van der Waals surface area contributed by atoms with E-state index in [9.17, 15) is 15.8 Å². The predicted octanol–water partition coefficient (Wildman–Crippen LogP) is 4.61. The minimum Gasteiger partial charge on any atom is -0.305 e. The van der Waals surface area contributed by atoms with Gasteiger partial charge in [0.25, 0.3) is 0 Å². The van der Waals surface area contributed by atoms with Crippen LogP contribution in [-0.4, -0.2) is 5.71 Å². The van der Waals surface area contributed by atoms with Gasteiger partial charge in [0.05, 0.1) is 23.9 Å². The Morgan fingerprint density at radius 3 is 2.33 bits per heavy atom. The van der Waals surface area contributed by atoms with Crippen molar-refractivity contribution in [1.82, 2.24) is 0 Å². The van der Waals surface area contributed by atoms with Crippen molar-refractivity contribution in [3.8, 4) is 18.2 Å². The molecule has 0 fully saturated rings. The van der Waals surface area contributed by atoms with Gasteiger partial charge in [-0.3, -0.25) is 0 Å². The highest BCUT2D eigenvalue weighted by Gasteiger charge is 2.54. The first-order chi connectivity index (χ1) is 11.6. The van der Waals surface area contributed by atoms with E-state index in [0.717, 1.165) is 46.9 Å². The molecule has 118 valence electrons. The third kappa shape index (κ3) is 2.27. The van der Waals surface area contributed by atoms with Crippen molar-refractivity contribution in [2.24, 2.45) is 11.3 Å². The van der Waals surface area contributed by atoms with Crippen LogP contribution in [0.25, 0.3) is 0 Å². The van der Waals surface area contributed by atoms with Crippen LogP contribution in [0.1, 0.15) is 37.2 Å². The van der Waals surface area contributed by atoms with E-state index in [1.165, 1.54) is 0 Å². The van der Waals surface area contributed by atoms with Crippen LogP contribution in [0.3, 0.4) is 0 Å². The molecule has 0 radical (unpaired) electrons. The molecule has 1 N–H and O–H groups in total. The SMILES string of the molecule is N#C[C@H]1C(=N)C(C#N)(C#N)[C@@H](c2cccc(Br)c2)C2=C1CCCC2. The van der Waals surface area contributed by atoms with Gasteiger partial charge in [-0.1, -0.05) is 33.6 Å². The molecule has 0 amide bonds. The Bertz CT molecular complexity index is 849. The normalized spacial score (nSPS) is 25.2. The maximum absolute atomic E-state index is 9.86. The second-order valence-corrected chi connectivity index (χ2v) is 7.17. The van der Waals surface area contributed by atoms with E-state index in [2.05, 4.69) is 34.1 Å². The van der Waals surface area contributed by atoms with Gasteiger partial charge in [-0.2, -0.15) is 15.8 Å². The molecule has 1 aromatic rings. The Labute approximate surface area is 149 Å². The first kappa shape index (κ1) is 16.4. The van der Waals surface area contributed by atoms with Gasteiger partial charge in [0.2, 0.25) is 0 Å². The molecule has 0 spiro atoms. The lowest BCUT2D eigenvalue weighted by atomic mass is 9.56. The Morgan fingerprint density at radius 1 is 1.08 bits per heavy atom. The highest BCUT2D eigenvalue weighted by Crippen LogP contribution is 2.53. The number of nitrogens with zero attached hydrogens (tertiary/aromatic N) is 3. The Kier molecular flexibility index (Phi) is 4.27. The summed E-state index contributed by atoms with van der Waals surface area (Å²) in [7, 11) is 0. The number of nitrogens with one attached hydrogen (secondary N) is 1. The van der Waals surface area contributed by atoms with Crippen LogP contribution < -0.4 is 0 Å². The van der Waals surface area contributed by atoms with Crippen molar-refractivity contribution >= 4 is 21.6 Å². The first-order valence-electron chi connectivity index (χ1n) is 7.87. The van der Waals surface area contributed by atoms with Crippen LogP contribution in [0.4, 0.5) is 0 Å². The molecular formula is C19H15BrN4. The third-order valence-electron chi connectivity index (χ3n) is 5.06. The molecule has 3 rings (SSSR count). The van der Waals surface area contributed by atoms with E-state index in [1.54, 1.807) is 0 Å². The number of allylic oxidation sites excluding steroid dienone is 2. The lowest BCUT2D eigenvalue weighted by Crippen LogP contribution is -2.44. The molecule has 0 saturated carbocycles. The van der Waals surface area contributed by atoms with Gasteiger partial charge < -0.3 is 5.41 Å². The molecule has 2 atom stereocenters. The molecule has 2 aliphatic rings. The first-order valence-corrected chi connectivity index (χ1v) is 8.66. The standard InChI is InChI=1S/C19H15BrN4/c20-13-5-3-4-12(8-13)17-15-7-2-1-6-14(15)16(9-21)18(24)19(17,10-22)11-23/h3-5,8,16-17,24H,1-2,6-7H2/t16-,17+/m1/s1. The lowest BCUT2D eigenvalue weighted by Gasteiger charge is -2.42. The molecule has 1 aromatic carbocycles. The average Bonchev–Trinajstić information content (AvgIpc) is 2.61.